The summed E-state index contributed by atoms with van der Waals surface area (Å²) in [6.45, 7) is 0. The molecule has 22 heavy (non-hydrogen) atoms. The molecule has 2 aromatic carbocycles. The number of benzene rings is 2. The summed E-state index contributed by atoms with van der Waals surface area (Å²) in [5.74, 6) is 1.28. The number of nitrogens with zero attached hydrogens (tertiary/aromatic N) is 2. The fraction of sp³-hybridized carbons (Fsp3) is 0.0625. The second kappa shape index (κ2) is 6.44. The number of oxazole rings is 1. The standard InChI is InChI=1S/C16H12N2O3S/c19-18(20)14-8-6-13(7-9-14)16-17-15(10-21-16)22-11-12-4-2-1-3-5-12/h1-10H,11H2. The first kappa shape index (κ1) is 14.3. The zero-order valence-electron chi connectivity index (χ0n) is 11.5. The molecule has 5 nitrogen and oxygen atoms in total. The minimum absolute atomic E-state index is 0.0500. The van der Waals surface area contributed by atoms with E-state index in [9.17, 15) is 10.1 Å². The van der Waals surface area contributed by atoms with Gasteiger partial charge in [-0.05, 0) is 17.7 Å². The van der Waals surface area contributed by atoms with E-state index in [0.29, 0.717) is 5.89 Å². The largest absolute Gasteiger partial charge is 0.443 e. The average molecular weight is 312 g/mol. The van der Waals surface area contributed by atoms with Crippen LogP contribution >= 0.6 is 11.8 Å². The number of nitro benzene ring substituents is 1. The Balaban J connectivity index is 1.69. The second-order valence-electron chi connectivity index (χ2n) is 4.57. The molecular weight excluding hydrogens is 300 g/mol. The lowest BCUT2D eigenvalue weighted by Gasteiger charge is -1.97. The molecule has 3 aromatic rings. The summed E-state index contributed by atoms with van der Waals surface area (Å²) in [6, 6.07) is 16.3. The van der Waals surface area contributed by atoms with Crippen LogP contribution < -0.4 is 0 Å². The molecular formula is C16H12N2O3S. The van der Waals surface area contributed by atoms with E-state index in [1.54, 1.807) is 30.2 Å². The topological polar surface area (TPSA) is 69.2 Å². The summed E-state index contributed by atoms with van der Waals surface area (Å²) in [5.41, 5.74) is 1.98. The third-order valence-corrected chi connectivity index (χ3v) is 4.00. The average Bonchev–Trinajstić information content (AvgIpc) is 3.03. The molecule has 6 heteroatoms. The van der Waals surface area contributed by atoms with Gasteiger partial charge in [-0.25, -0.2) is 4.98 Å². The highest BCUT2D eigenvalue weighted by Crippen LogP contribution is 2.27. The smallest absolute Gasteiger partial charge is 0.269 e. The number of nitro groups is 1. The van der Waals surface area contributed by atoms with Crippen molar-refractivity contribution in [2.75, 3.05) is 0 Å². The molecule has 110 valence electrons. The van der Waals surface area contributed by atoms with Gasteiger partial charge in [0.2, 0.25) is 5.89 Å². The molecule has 0 fully saturated rings. The van der Waals surface area contributed by atoms with Gasteiger partial charge in [0.25, 0.3) is 5.69 Å². The van der Waals surface area contributed by atoms with Crippen LogP contribution in [0.25, 0.3) is 11.5 Å². The van der Waals surface area contributed by atoms with E-state index in [1.165, 1.54) is 17.7 Å². The molecule has 1 heterocycles. The zero-order valence-corrected chi connectivity index (χ0v) is 12.3. The first-order valence-electron chi connectivity index (χ1n) is 6.59. The van der Waals surface area contributed by atoms with Gasteiger partial charge in [-0.1, -0.05) is 42.1 Å². The minimum atomic E-state index is -0.430. The van der Waals surface area contributed by atoms with Gasteiger partial charge in [-0.2, -0.15) is 0 Å². The Hall–Kier alpha value is -2.60. The van der Waals surface area contributed by atoms with Gasteiger partial charge >= 0.3 is 0 Å². The van der Waals surface area contributed by atoms with Crippen LogP contribution in [-0.4, -0.2) is 9.91 Å². The van der Waals surface area contributed by atoms with E-state index in [0.717, 1.165) is 16.3 Å². The van der Waals surface area contributed by atoms with Crippen LogP contribution in [0.4, 0.5) is 5.69 Å². The fourth-order valence-corrected chi connectivity index (χ4v) is 2.69. The van der Waals surface area contributed by atoms with Crippen molar-refractivity contribution < 1.29 is 9.34 Å². The Bertz CT molecular complexity index is 770. The lowest BCUT2D eigenvalue weighted by molar-refractivity contribution is -0.384. The Morgan fingerprint density at radius 1 is 1.09 bits per heavy atom. The number of thioether (sulfide) groups is 1. The maximum Gasteiger partial charge on any atom is 0.269 e. The molecule has 0 radical (unpaired) electrons. The monoisotopic (exact) mass is 312 g/mol. The maximum atomic E-state index is 10.6. The van der Waals surface area contributed by atoms with Crippen molar-refractivity contribution in [3.63, 3.8) is 0 Å². The molecule has 0 spiro atoms. The fourth-order valence-electron chi connectivity index (χ4n) is 1.92. The molecule has 0 saturated carbocycles. The van der Waals surface area contributed by atoms with Crippen LogP contribution in [0.15, 0.2) is 70.3 Å². The number of hydrogen-bond acceptors (Lipinski definition) is 5. The van der Waals surface area contributed by atoms with Gasteiger partial charge in [0.1, 0.15) is 11.3 Å². The second-order valence-corrected chi connectivity index (χ2v) is 5.56. The first-order valence-corrected chi connectivity index (χ1v) is 7.58. The van der Waals surface area contributed by atoms with E-state index in [2.05, 4.69) is 17.1 Å². The van der Waals surface area contributed by atoms with E-state index in [-0.39, 0.29) is 5.69 Å². The molecule has 3 rings (SSSR count). The van der Waals surface area contributed by atoms with Crippen molar-refractivity contribution in [3.05, 3.63) is 76.5 Å². The van der Waals surface area contributed by atoms with Crippen molar-refractivity contribution in [2.45, 2.75) is 10.8 Å². The van der Waals surface area contributed by atoms with Crippen LogP contribution in [0.2, 0.25) is 0 Å². The van der Waals surface area contributed by atoms with E-state index in [1.807, 2.05) is 18.2 Å². The summed E-state index contributed by atoms with van der Waals surface area (Å²) in [7, 11) is 0. The Morgan fingerprint density at radius 2 is 1.82 bits per heavy atom. The van der Waals surface area contributed by atoms with Crippen LogP contribution in [0, 0.1) is 10.1 Å². The number of aromatic nitrogens is 1. The summed E-state index contributed by atoms with van der Waals surface area (Å²) < 4.78 is 5.44. The highest BCUT2D eigenvalue weighted by molar-refractivity contribution is 7.98. The van der Waals surface area contributed by atoms with Gasteiger partial charge in [-0.15, -0.1) is 0 Å². The van der Waals surface area contributed by atoms with Crippen molar-refractivity contribution in [2.24, 2.45) is 0 Å². The maximum absolute atomic E-state index is 10.6. The highest BCUT2D eigenvalue weighted by atomic mass is 32.2. The zero-order chi connectivity index (χ0) is 15.4. The lowest BCUT2D eigenvalue weighted by atomic mass is 10.2. The van der Waals surface area contributed by atoms with Gasteiger partial charge < -0.3 is 4.42 Å². The van der Waals surface area contributed by atoms with Gasteiger partial charge in [-0.3, -0.25) is 10.1 Å². The first-order chi connectivity index (χ1) is 10.7. The molecule has 0 aliphatic rings. The molecule has 0 atom stereocenters. The predicted molar refractivity (Wildman–Crippen MR) is 84.6 cm³/mol. The third kappa shape index (κ3) is 3.35. The lowest BCUT2D eigenvalue weighted by Crippen LogP contribution is -1.87. The quantitative estimate of drug-likeness (QED) is 0.393. The van der Waals surface area contributed by atoms with Crippen molar-refractivity contribution >= 4 is 17.4 Å². The number of hydrogen-bond donors (Lipinski definition) is 0. The summed E-state index contributed by atoms with van der Waals surface area (Å²) in [4.78, 5) is 14.6. The molecule has 0 N–H and O–H groups in total. The Labute approximate surface area is 131 Å². The molecule has 0 unspecified atom stereocenters. The van der Waals surface area contributed by atoms with Crippen LogP contribution in [-0.2, 0) is 5.75 Å². The van der Waals surface area contributed by atoms with Crippen molar-refractivity contribution in [1.82, 2.24) is 4.98 Å². The van der Waals surface area contributed by atoms with Crippen molar-refractivity contribution in [3.8, 4) is 11.5 Å². The number of non-ortho nitro benzene ring substituents is 1. The van der Waals surface area contributed by atoms with Crippen LogP contribution in [0.1, 0.15) is 5.56 Å². The SMILES string of the molecule is O=[N+]([O-])c1ccc(-c2nc(SCc3ccccc3)co2)cc1. The molecule has 0 bridgehead atoms. The van der Waals surface area contributed by atoms with E-state index >= 15 is 0 Å². The minimum Gasteiger partial charge on any atom is -0.443 e. The predicted octanol–water partition coefficient (Wildman–Crippen LogP) is 4.54. The summed E-state index contributed by atoms with van der Waals surface area (Å²) >= 11 is 1.58. The molecule has 0 amide bonds. The molecule has 1 aromatic heterocycles. The molecule has 0 aliphatic carbocycles. The highest BCUT2D eigenvalue weighted by Gasteiger charge is 2.10. The van der Waals surface area contributed by atoms with Gasteiger partial charge in [0.05, 0.1) is 4.92 Å². The third-order valence-electron chi connectivity index (χ3n) is 3.04. The van der Waals surface area contributed by atoms with Crippen molar-refractivity contribution in [1.29, 1.82) is 0 Å². The Kier molecular flexibility index (Phi) is 4.20. The van der Waals surface area contributed by atoms with E-state index in [4.69, 9.17) is 4.42 Å². The summed E-state index contributed by atoms with van der Waals surface area (Å²) in [6.07, 6.45) is 1.60. The van der Waals surface area contributed by atoms with Crippen LogP contribution in [0.3, 0.4) is 0 Å². The Morgan fingerprint density at radius 3 is 2.50 bits per heavy atom. The molecule has 0 aliphatic heterocycles. The number of rotatable bonds is 5. The molecule has 0 saturated heterocycles. The van der Waals surface area contributed by atoms with E-state index < -0.39 is 4.92 Å². The van der Waals surface area contributed by atoms with Crippen LogP contribution in [0.5, 0.6) is 0 Å². The van der Waals surface area contributed by atoms with Gasteiger partial charge in [0.15, 0.2) is 0 Å². The summed E-state index contributed by atoms with van der Waals surface area (Å²) in [5, 5.41) is 11.4. The van der Waals surface area contributed by atoms with Gasteiger partial charge in [0, 0.05) is 23.4 Å². The normalized spacial score (nSPS) is 10.5.